The topological polar surface area (TPSA) is 111 Å². The summed E-state index contributed by atoms with van der Waals surface area (Å²) in [4.78, 5) is 34.0. The Morgan fingerprint density at radius 2 is 2.00 bits per heavy atom. The number of para-hydroxylation sites is 1. The molecule has 2 amide bonds. The molecule has 0 aliphatic rings. The molecular formula is C19H28N6O3. The molecule has 9 nitrogen and oxygen atoms in total. The van der Waals surface area contributed by atoms with Crippen LogP contribution >= 0.6 is 0 Å². The molecule has 2 rings (SSSR count). The summed E-state index contributed by atoms with van der Waals surface area (Å²) < 4.78 is 0. The Labute approximate surface area is 164 Å². The third-order valence-corrected chi connectivity index (χ3v) is 4.36. The summed E-state index contributed by atoms with van der Waals surface area (Å²) in [5, 5.41) is 10.9. The van der Waals surface area contributed by atoms with E-state index < -0.39 is 5.92 Å². The summed E-state index contributed by atoms with van der Waals surface area (Å²) in [6.45, 7) is 2.00. The molecule has 0 saturated heterocycles. The SMILES string of the molecule is CCCCC[C@H](CN(O)C=O)C(=O)NNc1nc(N(C)C)c2ccccc2n1. The van der Waals surface area contributed by atoms with Gasteiger partial charge in [-0.2, -0.15) is 4.98 Å². The second-order valence-electron chi connectivity index (χ2n) is 6.82. The van der Waals surface area contributed by atoms with Crippen LogP contribution in [0.5, 0.6) is 0 Å². The molecule has 0 unspecified atom stereocenters. The molecule has 0 aliphatic heterocycles. The average Bonchev–Trinajstić information content (AvgIpc) is 2.70. The lowest BCUT2D eigenvalue weighted by molar-refractivity contribution is -0.154. The highest BCUT2D eigenvalue weighted by Gasteiger charge is 2.21. The van der Waals surface area contributed by atoms with Gasteiger partial charge in [0.25, 0.3) is 0 Å². The maximum absolute atomic E-state index is 12.6. The minimum absolute atomic E-state index is 0.0672. The number of anilines is 2. The average molecular weight is 388 g/mol. The third kappa shape index (κ3) is 5.78. The van der Waals surface area contributed by atoms with E-state index in [2.05, 4.69) is 27.7 Å². The molecule has 2 aromatic rings. The number of hydroxylamine groups is 2. The van der Waals surface area contributed by atoms with Crippen molar-refractivity contribution in [2.24, 2.45) is 5.92 Å². The fourth-order valence-electron chi connectivity index (χ4n) is 2.89. The maximum atomic E-state index is 12.6. The normalized spacial score (nSPS) is 11.7. The maximum Gasteiger partial charge on any atom is 0.244 e. The van der Waals surface area contributed by atoms with Crippen LogP contribution in [0.25, 0.3) is 10.9 Å². The fraction of sp³-hybridized carbons (Fsp3) is 0.474. The molecule has 0 aliphatic carbocycles. The van der Waals surface area contributed by atoms with E-state index in [0.29, 0.717) is 17.9 Å². The van der Waals surface area contributed by atoms with Crippen molar-refractivity contribution in [1.82, 2.24) is 20.5 Å². The Hall–Kier alpha value is -2.94. The number of hydrazine groups is 1. The van der Waals surface area contributed by atoms with Crippen molar-refractivity contribution in [2.75, 3.05) is 31.0 Å². The quantitative estimate of drug-likeness (QED) is 0.234. The van der Waals surface area contributed by atoms with Gasteiger partial charge >= 0.3 is 0 Å². The molecule has 9 heteroatoms. The largest absolute Gasteiger partial charge is 0.362 e. The predicted molar refractivity (Wildman–Crippen MR) is 108 cm³/mol. The number of amides is 2. The van der Waals surface area contributed by atoms with E-state index in [1.54, 1.807) is 0 Å². The van der Waals surface area contributed by atoms with E-state index in [1.807, 2.05) is 43.3 Å². The highest BCUT2D eigenvalue weighted by molar-refractivity contribution is 5.90. The first-order chi connectivity index (χ1) is 13.5. The molecule has 1 aromatic carbocycles. The highest BCUT2D eigenvalue weighted by atomic mass is 16.5. The van der Waals surface area contributed by atoms with Gasteiger partial charge in [0.1, 0.15) is 5.82 Å². The van der Waals surface area contributed by atoms with Crippen LogP contribution < -0.4 is 15.8 Å². The van der Waals surface area contributed by atoms with Gasteiger partial charge in [0, 0.05) is 19.5 Å². The number of fused-ring (bicyclic) bond motifs is 1. The lowest BCUT2D eigenvalue weighted by Crippen LogP contribution is -2.40. The zero-order valence-electron chi connectivity index (χ0n) is 16.6. The van der Waals surface area contributed by atoms with Crippen molar-refractivity contribution in [2.45, 2.75) is 32.6 Å². The van der Waals surface area contributed by atoms with Gasteiger partial charge in [0.15, 0.2) is 0 Å². The Balaban J connectivity index is 2.11. The minimum atomic E-state index is -0.539. The van der Waals surface area contributed by atoms with Gasteiger partial charge in [-0.05, 0) is 18.6 Å². The van der Waals surface area contributed by atoms with Crippen molar-refractivity contribution >= 4 is 35.0 Å². The third-order valence-electron chi connectivity index (χ3n) is 4.36. The van der Waals surface area contributed by atoms with E-state index in [9.17, 15) is 14.8 Å². The number of nitrogens with one attached hydrogen (secondary N) is 2. The summed E-state index contributed by atoms with van der Waals surface area (Å²) in [7, 11) is 3.77. The van der Waals surface area contributed by atoms with Crippen molar-refractivity contribution in [3.63, 3.8) is 0 Å². The van der Waals surface area contributed by atoms with Crippen LogP contribution in [0.15, 0.2) is 24.3 Å². The molecule has 0 spiro atoms. The van der Waals surface area contributed by atoms with Crippen LogP contribution in [0.3, 0.4) is 0 Å². The first-order valence-corrected chi connectivity index (χ1v) is 9.37. The summed E-state index contributed by atoms with van der Waals surface area (Å²) in [6, 6.07) is 7.61. The second kappa shape index (κ2) is 10.4. The Morgan fingerprint density at radius 3 is 2.68 bits per heavy atom. The molecule has 0 saturated carbocycles. The van der Waals surface area contributed by atoms with E-state index in [0.717, 1.165) is 36.0 Å². The van der Waals surface area contributed by atoms with Crippen LogP contribution in [-0.2, 0) is 9.59 Å². The van der Waals surface area contributed by atoms with Crippen molar-refractivity contribution in [3.8, 4) is 0 Å². The second-order valence-corrected chi connectivity index (χ2v) is 6.82. The summed E-state index contributed by atoms with van der Waals surface area (Å²) in [6.07, 6.45) is 3.68. The van der Waals surface area contributed by atoms with Gasteiger partial charge in [-0.25, -0.2) is 10.0 Å². The molecule has 0 fully saturated rings. The van der Waals surface area contributed by atoms with Gasteiger partial charge in [-0.3, -0.25) is 25.6 Å². The van der Waals surface area contributed by atoms with Crippen molar-refractivity contribution in [1.29, 1.82) is 0 Å². The predicted octanol–water partition coefficient (Wildman–Crippen LogP) is 2.18. The Morgan fingerprint density at radius 1 is 1.25 bits per heavy atom. The van der Waals surface area contributed by atoms with Gasteiger partial charge in [0.05, 0.1) is 18.0 Å². The van der Waals surface area contributed by atoms with E-state index in [1.165, 1.54) is 0 Å². The summed E-state index contributed by atoms with van der Waals surface area (Å²) in [5.74, 6) is 0.117. The number of hydrogen-bond donors (Lipinski definition) is 3. The first-order valence-electron chi connectivity index (χ1n) is 9.37. The van der Waals surface area contributed by atoms with Gasteiger partial charge < -0.3 is 4.90 Å². The molecule has 28 heavy (non-hydrogen) atoms. The van der Waals surface area contributed by atoms with Gasteiger partial charge in [0.2, 0.25) is 18.3 Å². The molecular weight excluding hydrogens is 360 g/mol. The fourth-order valence-corrected chi connectivity index (χ4v) is 2.89. The van der Waals surface area contributed by atoms with Crippen LogP contribution in [0.2, 0.25) is 0 Å². The number of hydrogen-bond acceptors (Lipinski definition) is 7. The number of rotatable bonds is 11. The molecule has 1 atom stereocenters. The van der Waals surface area contributed by atoms with Gasteiger partial charge in [-0.15, -0.1) is 0 Å². The van der Waals surface area contributed by atoms with Crippen LogP contribution in [-0.4, -0.2) is 53.2 Å². The first kappa shape index (κ1) is 21.4. The Bertz CT molecular complexity index is 798. The molecule has 0 bridgehead atoms. The molecule has 1 aromatic heterocycles. The highest BCUT2D eigenvalue weighted by Crippen LogP contribution is 2.23. The smallest absolute Gasteiger partial charge is 0.244 e. The number of benzene rings is 1. The van der Waals surface area contributed by atoms with Crippen molar-refractivity contribution < 1.29 is 14.8 Å². The van der Waals surface area contributed by atoms with Crippen LogP contribution in [0.4, 0.5) is 11.8 Å². The van der Waals surface area contributed by atoms with Crippen molar-refractivity contribution in [3.05, 3.63) is 24.3 Å². The molecule has 3 N–H and O–H groups in total. The number of aromatic nitrogens is 2. The zero-order chi connectivity index (χ0) is 20.5. The number of carbonyl (C=O) groups excluding carboxylic acids is 2. The van der Waals surface area contributed by atoms with E-state index in [-0.39, 0.29) is 18.4 Å². The van der Waals surface area contributed by atoms with Crippen LogP contribution in [0, 0.1) is 5.92 Å². The minimum Gasteiger partial charge on any atom is -0.362 e. The number of unbranched alkanes of at least 4 members (excludes halogenated alkanes) is 2. The lowest BCUT2D eigenvalue weighted by atomic mass is 10.0. The Kier molecular flexibility index (Phi) is 7.94. The number of nitrogens with zero attached hydrogens (tertiary/aromatic N) is 4. The lowest BCUT2D eigenvalue weighted by Gasteiger charge is -2.20. The van der Waals surface area contributed by atoms with Gasteiger partial charge in [-0.1, -0.05) is 38.3 Å². The summed E-state index contributed by atoms with van der Waals surface area (Å²) in [5.41, 5.74) is 6.11. The standard InChI is InChI=1S/C19H28N6O3/c1-4-5-6-9-14(12-25(28)13-26)18(27)22-23-19-20-16-11-8-7-10-15(16)17(21-19)24(2)3/h7-8,10-11,13-14,28H,4-6,9,12H2,1-3H3,(H,22,27)(H,20,21,23)/t14-/m1/s1. The summed E-state index contributed by atoms with van der Waals surface area (Å²) >= 11 is 0. The van der Waals surface area contributed by atoms with Crippen LogP contribution in [0.1, 0.15) is 32.6 Å². The van der Waals surface area contributed by atoms with E-state index in [4.69, 9.17) is 0 Å². The van der Waals surface area contributed by atoms with E-state index >= 15 is 0 Å². The monoisotopic (exact) mass is 388 g/mol. The molecule has 0 radical (unpaired) electrons. The number of carbonyl (C=O) groups is 2. The molecule has 1 heterocycles. The molecule has 152 valence electrons. The zero-order valence-corrected chi connectivity index (χ0v) is 16.6.